The van der Waals surface area contributed by atoms with Crippen LogP contribution in [0.2, 0.25) is 5.02 Å². The van der Waals surface area contributed by atoms with Crippen molar-refractivity contribution < 1.29 is 0 Å². The fraction of sp³-hybridized carbons (Fsp3) is 0.222. The third kappa shape index (κ3) is 2.35. The SMILES string of the molecule is N#Cc1c(Cl)cccc1NCCN. The van der Waals surface area contributed by atoms with Crippen molar-refractivity contribution in [2.24, 2.45) is 5.73 Å². The predicted octanol–water partition coefficient (Wildman–Crippen LogP) is 1.58. The molecule has 1 rings (SSSR count). The number of rotatable bonds is 3. The van der Waals surface area contributed by atoms with Crippen molar-refractivity contribution >= 4 is 17.3 Å². The average Bonchev–Trinajstić information content (AvgIpc) is 2.15. The standard InChI is InChI=1S/C9H10ClN3/c10-8-2-1-3-9(7(8)6-12)13-5-4-11/h1-3,13H,4-5,11H2. The first-order valence-electron chi connectivity index (χ1n) is 3.92. The molecule has 1 aromatic rings. The highest BCUT2D eigenvalue weighted by atomic mass is 35.5. The molecule has 13 heavy (non-hydrogen) atoms. The molecule has 0 saturated carbocycles. The first-order valence-corrected chi connectivity index (χ1v) is 4.30. The van der Waals surface area contributed by atoms with E-state index in [2.05, 4.69) is 5.32 Å². The normalized spacial score (nSPS) is 9.31. The Balaban J connectivity index is 2.93. The van der Waals surface area contributed by atoms with E-state index in [1.54, 1.807) is 18.2 Å². The van der Waals surface area contributed by atoms with Gasteiger partial charge in [-0.3, -0.25) is 0 Å². The van der Waals surface area contributed by atoms with Crippen molar-refractivity contribution in [3.8, 4) is 6.07 Å². The topological polar surface area (TPSA) is 61.8 Å². The minimum Gasteiger partial charge on any atom is -0.383 e. The zero-order valence-electron chi connectivity index (χ0n) is 7.05. The molecule has 0 spiro atoms. The third-order valence-electron chi connectivity index (χ3n) is 1.59. The molecule has 3 nitrogen and oxygen atoms in total. The van der Waals surface area contributed by atoms with Gasteiger partial charge in [0.1, 0.15) is 6.07 Å². The highest BCUT2D eigenvalue weighted by molar-refractivity contribution is 6.32. The van der Waals surface area contributed by atoms with Gasteiger partial charge in [-0.2, -0.15) is 5.26 Å². The predicted molar refractivity (Wildman–Crippen MR) is 53.7 cm³/mol. The second-order valence-electron chi connectivity index (χ2n) is 2.49. The highest BCUT2D eigenvalue weighted by Crippen LogP contribution is 2.22. The summed E-state index contributed by atoms with van der Waals surface area (Å²) in [6, 6.07) is 7.33. The van der Waals surface area contributed by atoms with E-state index in [1.807, 2.05) is 6.07 Å². The molecule has 0 aliphatic rings. The van der Waals surface area contributed by atoms with Gasteiger partial charge in [0, 0.05) is 13.1 Å². The van der Waals surface area contributed by atoms with Crippen LogP contribution in [-0.2, 0) is 0 Å². The lowest BCUT2D eigenvalue weighted by molar-refractivity contribution is 1.02. The number of hydrogen-bond acceptors (Lipinski definition) is 3. The number of nitrogens with two attached hydrogens (primary N) is 1. The molecule has 4 heteroatoms. The number of anilines is 1. The van der Waals surface area contributed by atoms with Gasteiger partial charge in [-0.1, -0.05) is 17.7 Å². The maximum absolute atomic E-state index is 8.79. The molecule has 0 heterocycles. The van der Waals surface area contributed by atoms with E-state index in [0.29, 0.717) is 23.7 Å². The van der Waals surface area contributed by atoms with Crippen molar-refractivity contribution in [1.82, 2.24) is 0 Å². The van der Waals surface area contributed by atoms with Gasteiger partial charge in [-0.25, -0.2) is 0 Å². The van der Waals surface area contributed by atoms with E-state index < -0.39 is 0 Å². The number of nitrogens with zero attached hydrogens (tertiary/aromatic N) is 1. The summed E-state index contributed by atoms with van der Waals surface area (Å²) in [5.74, 6) is 0. The average molecular weight is 196 g/mol. The Labute approximate surface area is 82.1 Å². The van der Waals surface area contributed by atoms with E-state index in [-0.39, 0.29) is 0 Å². The molecule has 1 aromatic carbocycles. The summed E-state index contributed by atoms with van der Waals surface area (Å²) in [7, 11) is 0. The first-order chi connectivity index (χ1) is 6.29. The molecule has 0 radical (unpaired) electrons. The van der Waals surface area contributed by atoms with Crippen molar-refractivity contribution in [1.29, 1.82) is 5.26 Å². The van der Waals surface area contributed by atoms with E-state index in [9.17, 15) is 0 Å². The fourth-order valence-electron chi connectivity index (χ4n) is 0.992. The summed E-state index contributed by atoms with van der Waals surface area (Å²) < 4.78 is 0. The summed E-state index contributed by atoms with van der Waals surface area (Å²) in [6.07, 6.45) is 0. The van der Waals surface area contributed by atoms with Gasteiger partial charge < -0.3 is 11.1 Å². The summed E-state index contributed by atoms with van der Waals surface area (Å²) in [5.41, 5.74) is 6.53. The van der Waals surface area contributed by atoms with Crippen molar-refractivity contribution in [3.05, 3.63) is 28.8 Å². The van der Waals surface area contributed by atoms with Crippen LogP contribution in [0.25, 0.3) is 0 Å². The van der Waals surface area contributed by atoms with Gasteiger partial charge >= 0.3 is 0 Å². The number of nitriles is 1. The summed E-state index contributed by atoms with van der Waals surface area (Å²) >= 11 is 5.81. The van der Waals surface area contributed by atoms with Crippen molar-refractivity contribution in [2.45, 2.75) is 0 Å². The molecule has 0 aliphatic heterocycles. The minimum absolute atomic E-state index is 0.463. The van der Waals surface area contributed by atoms with Crippen LogP contribution >= 0.6 is 11.6 Å². The Morgan fingerprint density at radius 2 is 2.31 bits per heavy atom. The lowest BCUT2D eigenvalue weighted by atomic mass is 10.2. The molecular formula is C9H10ClN3. The number of benzene rings is 1. The minimum atomic E-state index is 0.463. The van der Waals surface area contributed by atoms with Crippen LogP contribution in [0.4, 0.5) is 5.69 Å². The van der Waals surface area contributed by atoms with E-state index in [0.717, 1.165) is 5.69 Å². The van der Waals surface area contributed by atoms with E-state index in [1.165, 1.54) is 0 Å². The zero-order valence-corrected chi connectivity index (χ0v) is 7.80. The monoisotopic (exact) mass is 195 g/mol. The molecule has 0 amide bonds. The molecule has 0 aliphatic carbocycles. The van der Waals surface area contributed by atoms with E-state index in [4.69, 9.17) is 22.6 Å². The molecule has 0 unspecified atom stereocenters. The van der Waals surface area contributed by atoms with Crippen LogP contribution < -0.4 is 11.1 Å². The van der Waals surface area contributed by atoms with Crippen LogP contribution in [0.15, 0.2) is 18.2 Å². The number of halogens is 1. The molecule has 0 saturated heterocycles. The Bertz CT molecular complexity index is 330. The molecule has 0 fully saturated rings. The second-order valence-corrected chi connectivity index (χ2v) is 2.90. The van der Waals surface area contributed by atoms with Crippen LogP contribution in [0.1, 0.15) is 5.56 Å². The van der Waals surface area contributed by atoms with Crippen LogP contribution in [0.3, 0.4) is 0 Å². The van der Waals surface area contributed by atoms with Crippen LogP contribution in [-0.4, -0.2) is 13.1 Å². The molecule has 0 bridgehead atoms. The maximum atomic E-state index is 8.79. The molecular weight excluding hydrogens is 186 g/mol. The van der Waals surface area contributed by atoms with Crippen LogP contribution in [0.5, 0.6) is 0 Å². The van der Waals surface area contributed by atoms with Gasteiger partial charge in [0.25, 0.3) is 0 Å². The van der Waals surface area contributed by atoms with Gasteiger partial charge in [0.2, 0.25) is 0 Å². The van der Waals surface area contributed by atoms with E-state index >= 15 is 0 Å². The van der Waals surface area contributed by atoms with Gasteiger partial charge in [0.05, 0.1) is 16.3 Å². The number of nitrogens with one attached hydrogen (secondary N) is 1. The summed E-state index contributed by atoms with van der Waals surface area (Å²) in [5, 5.41) is 12.3. The summed E-state index contributed by atoms with van der Waals surface area (Å²) in [4.78, 5) is 0. The largest absolute Gasteiger partial charge is 0.383 e. The Hall–Kier alpha value is -1.24. The Morgan fingerprint density at radius 3 is 2.92 bits per heavy atom. The van der Waals surface area contributed by atoms with Crippen LogP contribution in [0, 0.1) is 11.3 Å². The van der Waals surface area contributed by atoms with Gasteiger partial charge in [-0.05, 0) is 12.1 Å². The smallest absolute Gasteiger partial charge is 0.103 e. The molecule has 68 valence electrons. The fourth-order valence-corrected chi connectivity index (χ4v) is 1.21. The molecule has 0 aromatic heterocycles. The lowest BCUT2D eigenvalue weighted by Gasteiger charge is -2.06. The quantitative estimate of drug-likeness (QED) is 0.770. The van der Waals surface area contributed by atoms with Crippen molar-refractivity contribution in [3.63, 3.8) is 0 Å². The summed E-state index contributed by atoms with van der Waals surface area (Å²) in [6.45, 7) is 1.16. The first kappa shape index (κ1) is 9.85. The second kappa shape index (κ2) is 4.70. The lowest BCUT2D eigenvalue weighted by Crippen LogP contribution is -2.13. The third-order valence-corrected chi connectivity index (χ3v) is 1.90. The Kier molecular flexibility index (Phi) is 3.56. The van der Waals surface area contributed by atoms with Crippen molar-refractivity contribution in [2.75, 3.05) is 18.4 Å². The Morgan fingerprint density at radius 1 is 1.54 bits per heavy atom. The molecule has 3 N–H and O–H groups in total. The van der Waals surface area contributed by atoms with Gasteiger partial charge in [-0.15, -0.1) is 0 Å². The zero-order chi connectivity index (χ0) is 9.68. The van der Waals surface area contributed by atoms with Gasteiger partial charge in [0.15, 0.2) is 0 Å². The maximum Gasteiger partial charge on any atom is 0.103 e. The highest BCUT2D eigenvalue weighted by Gasteiger charge is 2.04. The number of hydrogen-bond donors (Lipinski definition) is 2. The molecule has 0 atom stereocenters.